The van der Waals surface area contributed by atoms with Crippen molar-refractivity contribution in [3.05, 3.63) is 83.4 Å². The molecule has 0 saturated carbocycles. The Morgan fingerprint density at radius 2 is 1.88 bits per heavy atom. The molecule has 5 rings (SSSR count). The topological polar surface area (TPSA) is 137 Å². The molecule has 2 amide bonds. The highest BCUT2D eigenvalue weighted by Gasteiger charge is 2.58. The molecule has 0 spiro atoms. The van der Waals surface area contributed by atoms with Crippen molar-refractivity contribution in [1.29, 1.82) is 0 Å². The predicted molar refractivity (Wildman–Crippen MR) is 147 cm³/mol. The second-order valence-corrected chi connectivity index (χ2v) is 10.1. The second-order valence-electron chi connectivity index (χ2n) is 10.1. The highest BCUT2D eigenvalue weighted by atomic mass is 19.4. The fourth-order valence-corrected chi connectivity index (χ4v) is 5.09. The number of carbonyl (C=O) groups excluding carboxylic acids is 2. The van der Waals surface area contributed by atoms with Crippen LogP contribution in [0.4, 0.5) is 17.6 Å². The minimum absolute atomic E-state index is 0.00686. The van der Waals surface area contributed by atoms with Gasteiger partial charge in [-0.05, 0) is 55.0 Å². The molecular formula is C30H26F4N4O5. The maximum atomic E-state index is 14.7. The monoisotopic (exact) mass is 598 g/mol. The number of nitrogens with one attached hydrogen (secondary N) is 1. The molecule has 0 fully saturated rings. The first-order valence-corrected chi connectivity index (χ1v) is 13.1. The summed E-state index contributed by atoms with van der Waals surface area (Å²) in [5.74, 6) is -2.18. The lowest BCUT2D eigenvalue weighted by Crippen LogP contribution is -2.52. The fraction of sp³-hybridized carbons (Fsp3) is 0.267. The van der Waals surface area contributed by atoms with Crippen molar-refractivity contribution in [2.75, 3.05) is 20.3 Å². The number of carbonyl (C=O) groups is 2. The summed E-state index contributed by atoms with van der Waals surface area (Å²) in [6.45, 7) is 0.00563. The molecule has 2 atom stereocenters. The van der Waals surface area contributed by atoms with Crippen LogP contribution in [-0.4, -0.2) is 53.3 Å². The Balaban J connectivity index is 1.61. The van der Waals surface area contributed by atoms with Gasteiger partial charge in [0.1, 0.15) is 40.5 Å². The summed E-state index contributed by atoms with van der Waals surface area (Å²) in [6.07, 6.45) is -3.76. The van der Waals surface area contributed by atoms with E-state index >= 15 is 0 Å². The number of methoxy groups -OCH3 is 1. The third-order valence-electron chi connectivity index (χ3n) is 7.69. The van der Waals surface area contributed by atoms with Gasteiger partial charge in [0, 0.05) is 28.3 Å². The quantitative estimate of drug-likeness (QED) is 0.259. The summed E-state index contributed by atoms with van der Waals surface area (Å²) < 4.78 is 68.8. The van der Waals surface area contributed by atoms with E-state index in [1.54, 1.807) is 19.1 Å². The number of amides is 2. The van der Waals surface area contributed by atoms with Gasteiger partial charge in [-0.1, -0.05) is 13.0 Å². The maximum absolute atomic E-state index is 14.7. The third kappa shape index (κ3) is 4.99. The van der Waals surface area contributed by atoms with Crippen LogP contribution < -0.4 is 20.5 Å². The van der Waals surface area contributed by atoms with Crippen molar-refractivity contribution in [3.63, 3.8) is 0 Å². The number of alkyl halides is 3. The molecule has 13 heteroatoms. The first-order chi connectivity index (χ1) is 20.3. The number of nitrogens with two attached hydrogens (primary N) is 1. The summed E-state index contributed by atoms with van der Waals surface area (Å²) in [4.78, 5) is 34.0. The second kappa shape index (κ2) is 10.8. The average Bonchev–Trinajstić information content (AvgIpc) is 3.38. The maximum Gasteiger partial charge on any atom is 0.424 e. The van der Waals surface area contributed by atoms with E-state index in [2.05, 4.69) is 15.3 Å². The Morgan fingerprint density at radius 1 is 1.16 bits per heavy atom. The van der Waals surface area contributed by atoms with Crippen LogP contribution in [0.5, 0.6) is 11.5 Å². The smallest absolute Gasteiger partial charge is 0.424 e. The van der Waals surface area contributed by atoms with Crippen LogP contribution in [0.15, 0.2) is 60.8 Å². The average molecular weight is 599 g/mol. The molecule has 0 saturated heterocycles. The van der Waals surface area contributed by atoms with Crippen LogP contribution >= 0.6 is 0 Å². The van der Waals surface area contributed by atoms with Crippen molar-refractivity contribution >= 4 is 22.7 Å². The first-order valence-electron chi connectivity index (χ1n) is 13.1. The summed E-state index contributed by atoms with van der Waals surface area (Å²) in [6, 6.07) is 11.6. The van der Waals surface area contributed by atoms with Gasteiger partial charge < -0.3 is 25.6 Å². The zero-order chi connectivity index (χ0) is 31.2. The van der Waals surface area contributed by atoms with Gasteiger partial charge in [-0.15, -0.1) is 0 Å². The van der Waals surface area contributed by atoms with Gasteiger partial charge in [0.05, 0.1) is 19.3 Å². The van der Waals surface area contributed by atoms with Gasteiger partial charge in [0.25, 0.3) is 5.91 Å². The standard InChI is InChI=1S/C30H26F4N4O5/c1-3-28(27(35)40)15-43-25-20(28)13-22(38-24(25)16-6-8-19(31)9-7-16)29(41,30(32,33)34)14-37-26(39)18-11-17-5-4-10-36-23(17)21(12-18)42-2/h4-13,41H,3,14-15H2,1-2H3,(H2,35,40)(H,37,39)/t28-,29+/m1/s1. The number of aromatic nitrogens is 2. The summed E-state index contributed by atoms with van der Waals surface area (Å²) in [7, 11) is 1.36. The number of halogens is 4. The van der Waals surface area contributed by atoms with E-state index in [4.69, 9.17) is 15.2 Å². The van der Waals surface area contributed by atoms with Gasteiger partial charge in [-0.2, -0.15) is 13.2 Å². The number of ether oxygens (including phenoxy) is 2. The van der Waals surface area contributed by atoms with Gasteiger partial charge in [-0.3, -0.25) is 14.6 Å². The van der Waals surface area contributed by atoms with Crippen molar-refractivity contribution < 1.29 is 41.7 Å². The molecule has 224 valence electrons. The van der Waals surface area contributed by atoms with Crippen molar-refractivity contribution in [1.82, 2.24) is 15.3 Å². The molecule has 2 aromatic carbocycles. The number of pyridine rings is 2. The Hall–Kier alpha value is -4.78. The molecule has 9 nitrogen and oxygen atoms in total. The van der Waals surface area contributed by atoms with E-state index in [9.17, 15) is 32.3 Å². The van der Waals surface area contributed by atoms with E-state index in [1.165, 1.54) is 37.6 Å². The van der Waals surface area contributed by atoms with Crippen LogP contribution in [0.1, 0.15) is 35.0 Å². The highest BCUT2D eigenvalue weighted by molar-refractivity contribution is 6.00. The lowest BCUT2D eigenvalue weighted by molar-refractivity contribution is -0.265. The van der Waals surface area contributed by atoms with Gasteiger partial charge in [-0.25, -0.2) is 9.37 Å². The van der Waals surface area contributed by atoms with Gasteiger partial charge in [0.15, 0.2) is 0 Å². The zero-order valence-corrected chi connectivity index (χ0v) is 23.0. The van der Waals surface area contributed by atoms with E-state index in [1.807, 2.05) is 0 Å². The Morgan fingerprint density at radius 3 is 2.51 bits per heavy atom. The molecule has 0 unspecified atom stereocenters. The van der Waals surface area contributed by atoms with Crippen molar-refractivity contribution in [2.45, 2.75) is 30.5 Å². The number of fused-ring (bicyclic) bond motifs is 2. The molecule has 43 heavy (non-hydrogen) atoms. The molecule has 0 radical (unpaired) electrons. The summed E-state index contributed by atoms with van der Waals surface area (Å²) in [5, 5.41) is 13.9. The molecule has 2 aromatic heterocycles. The molecular weight excluding hydrogens is 572 g/mol. The molecule has 3 heterocycles. The van der Waals surface area contributed by atoms with Crippen LogP contribution in [0.3, 0.4) is 0 Å². The first kappa shape index (κ1) is 29.7. The summed E-state index contributed by atoms with van der Waals surface area (Å²) in [5.41, 5.74) is -0.0651. The minimum Gasteiger partial charge on any atom is -0.494 e. The van der Waals surface area contributed by atoms with Crippen LogP contribution in [-0.2, 0) is 15.8 Å². The lowest BCUT2D eigenvalue weighted by Gasteiger charge is -2.32. The summed E-state index contributed by atoms with van der Waals surface area (Å²) >= 11 is 0. The number of nitrogens with zero attached hydrogens (tertiary/aromatic N) is 2. The SMILES string of the molecule is CC[C@@]1(C(N)=O)COc2c1cc([C@@](O)(CNC(=O)c1cc(OC)c3ncccc3c1)C(F)(F)F)nc2-c1ccc(F)cc1. The number of hydrogen-bond acceptors (Lipinski definition) is 7. The molecule has 0 bridgehead atoms. The van der Waals surface area contributed by atoms with Crippen LogP contribution in [0.2, 0.25) is 0 Å². The van der Waals surface area contributed by atoms with Crippen molar-refractivity contribution in [2.24, 2.45) is 5.73 Å². The lowest BCUT2D eigenvalue weighted by atomic mass is 9.78. The zero-order valence-electron chi connectivity index (χ0n) is 23.0. The normalized spacial score (nSPS) is 17.6. The molecule has 4 aromatic rings. The molecule has 0 aliphatic carbocycles. The Bertz CT molecular complexity index is 1730. The largest absolute Gasteiger partial charge is 0.494 e. The Kier molecular flexibility index (Phi) is 7.46. The number of primary amides is 1. The predicted octanol–water partition coefficient (Wildman–Crippen LogP) is 4.15. The fourth-order valence-electron chi connectivity index (χ4n) is 5.09. The molecule has 1 aliphatic rings. The van der Waals surface area contributed by atoms with E-state index in [-0.39, 0.29) is 46.9 Å². The molecule has 4 N–H and O–H groups in total. The van der Waals surface area contributed by atoms with E-state index in [0.29, 0.717) is 10.9 Å². The van der Waals surface area contributed by atoms with Crippen molar-refractivity contribution in [3.8, 4) is 22.8 Å². The Labute approximate surface area is 242 Å². The van der Waals surface area contributed by atoms with E-state index < -0.39 is 47.1 Å². The third-order valence-corrected chi connectivity index (χ3v) is 7.69. The van der Waals surface area contributed by atoms with E-state index in [0.717, 1.165) is 18.2 Å². The van der Waals surface area contributed by atoms with Gasteiger partial charge >= 0.3 is 6.18 Å². The van der Waals surface area contributed by atoms with Crippen LogP contribution in [0.25, 0.3) is 22.2 Å². The van der Waals surface area contributed by atoms with Crippen LogP contribution in [0, 0.1) is 5.82 Å². The number of aliphatic hydroxyl groups is 1. The number of benzene rings is 2. The molecule has 1 aliphatic heterocycles. The van der Waals surface area contributed by atoms with Gasteiger partial charge in [0.2, 0.25) is 11.5 Å². The number of hydrogen-bond donors (Lipinski definition) is 3. The minimum atomic E-state index is -5.35. The highest BCUT2D eigenvalue weighted by Crippen LogP contribution is 2.49. The number of rotatable bonds is 8.